The van der Waals surface area contributed by atoms with Gasteiger partial charge < -0.3 is 15.3 Å². The van der Waals surface area contributed by atoms with Crippen LogP contribution >= 0.6 is 0 Å². The van der Waals surface area contributed by atoms with Crippen LogP contribution in [0.3, 0.4) is 0 Å². The van der Waals surface area contributed by atoms with E-state index in [1.807, 2.05) is 12.1 Å². The van der Waals surface area contributed by atoms with E-state index in [0.717, 1.165) is 70.4 Å². The molecule has 0 aromatic heterocycles. The molecule has 1 aromatic rings. The molecule has 1 aliphatic carbocycles. The Morgan fingerprint density at radius 2 is 1.69 bits per heavy atom. The highest BCUT2D eigenvalue weighted by Crippen LogP contribution is 2.26. The van der Waals surface area contributed by atoms with Crippen molar-refractivity contribution in [1.82, 2.24) is 10.2 Å². The van der Waals surface area contributed by atoms with E-state index in [4.69, 9.17) is 0 Å². The van der Waals surface area contributed by atoms with E-state index in [1.165, 1.54) is 0 Å². The van der Waals surface area contributed by atoms with Gasteiger partial charge in [0.25, 0.3) is 0 Å². The fraction of sp³-hybridized carbons (Fsp3) is 0.600. The molecule has 3 rings (SSSR count). The molecule has 0 spiro atoms. The Kier molecular flexibility index (Phi) is 6.00. The first-order chi connectivity index (χ1) is 12.6. The lowest BCUT2D eigenvalue weighted by Crippen LogP contribution is -2.53. The van der Waals surface area contributed by atoms with Gasteiger partial charge >= 0.3 is 0 Å². The number of nitriles is 1. The quantitative estimate of drug-likeness (QED) is 0.809. The standard InChI is InChI=1S/C20H28N4O2/c21-16-20(9-3-1-2-4-10-20)22-19(26)15-23-11-13-24(14-12-23)17-5-7-18(25)8-6-17/h5-8,25H,1-4,9-15H2,(H,22,26). The second-order valence-electron chi connectivity index (χ2n) is 7.44. The minimum Gasteiger partial charge on any atom is -0.508 e. The Balaban J connectivity index is 1.48. The number of phenols is 1. The van der Waals surface area contributed by atoms with Gasteiger partial charge in [0.2, 0.25) is 5.91 Å². The van der Waals surface area contributed by atoms with Crippen molar-refractivity contribution in [2.24, 2.45) is 0 Å². The van der Waals surface area contributed by atoms with Gasteiger partial charge in [-0.05, 0) is 37.1 Å². The molecular formula is C20H28N4O2. The third-order valence-corrected chi connectivity index (χ3v) is 5.50. The lowest BCUT2D eigenvalue weighted by molar-refractivity contribution is -0.123. The average Bonchev–Trinajstić information content (AvgIpc) is 2.89. The van der Waals surface area contributed by atoms with Crippen LogP contribution in [0.1, 0.15) is 38.5 Å². The topological polar surface area (TPSA) is 79.6 Å². The second-order valence-corrected chi connectivity index (χ2v) is 7.44. The van der Waals surface area contributed by atoms with Crippen molar-refractivity contribution < 1.29 is 9.90 Å². The van der Waals surface area contributed by atoms with Crippen molar-refractivity contribution >= 4 is 11.6 Å². The number of amides is 1. The molecule has 1 amide bonds. The van der Waals surface area contributed by atoms with Crippen LogP contribution in [0.4, 0.5) is 5.69 Å². The lowest BCUT2D eigenvalue weighted by atomic mass is 9.92. The molecule has 26 heavy (non-hydrogen) atoms. The number of carbonyl (C=O) groups is 1. The second kappa shape index (κ2) is 8.41. The van der Waals surface area contributed by atoms with Crippen molar-refractivity contribution in [2.45, 2.75) is 44.1 Å². The SMILES string of the molecule is N#CC1(NC(=O)CN2CCN(c3ccc(O)cc3)CC2)CCCCCC1. The number of piperazine rings is 1. The van der Waals surface area contributed by atoms with E-state index in [-0.39, 0.29) is 11.7 Å². The molecule has 1 heterocycles. The summed E-state index contributed by atoms with van der Waals surface area (Å²) in [6.45, 7) is 3.68. The number of anilines is 1. The molecule has 0 atom stereocenters. The average molecular weight is 356 g/mol. The number of nitrogens with zero attached hydrogens (tertiary/aromatic N) is 3. The summed E-state index contributed by atoms with van der Waals surface area (Å²) in [4.78, 5) is 16.9. The van der Waals surface area contributed by atoms with Crippen molar-refractivity contribution in [2.75, 3.05) is 37.6 Å². The third-order valence-electron chi connectivity index (χ3n) is 5.50. The molecule has 2 aliphatic rings. The number of hydrogen-bond acceptors (Lipinski definition) is 5. The first-order valence-corrected chi connectivity index (χ1v) is 9.59. The molecular weight excluding hydrogens is 328 g/mol. The molecule has 1 aliphatic heterocycles. The maximum atomic E-state index is 12.5. The van der Waals surface area contributed by atoms with E-state index in [0.29, 0.717) is 6.54 Å². The fourth-order valence-electron chi connectivity index (χ4n) is 3.93. The summed E-state index contributed by atoms with van der Waals surface area (Å²) in [7, 11) is 0. The van der Waals surface area contributed by atoms with E-state index < -0.39 is 5.54 Å². The van der Waals surface area contributed by atoms with Gasteiger partial charge in [0.15, 0.2) is 0 Å². The number of aromatic hydroxyl groups is 1. The summed E-state index contributed by atoms with van der Waals surface area (Å²) in [5.74, 6) is 0.237. The van der Waals surface area contributed by atoms with Gasteiger partial charge in [-0.15, -0.1) is 0 Å². The molecule has 0 radical (unpaired) electrons. The normalized spacial score (nSPS) is 20.8. The smallest absolute Gasteiger partial charge is 0.235 e. The largest absolute Gasteiger partial charge is 0.508 e. The van der Waals surface area contributed by atoms with Gasteiger partial charge in [-0.25, -0.2) is 0 Å². The Labute approximate surface area is 155 Å². The summed E-state index contributed by atoms with van der Waals surface area (Å²) >= 11 is 0. The Bertz CT molecular complexity index is 637. The van der Waals surface area contributed by atoms with E-state index in [2.05, 4.69) is 21.2 Å². The maximum Gasteiger partial charge on any atom is 0.235 e. The summed E-state index contributed by atoms with van der Waals surface area (Å²) < 4.78 is 0. The van der Waals surface area contributed by atoms with Gasteiger partial charge in [-0.1, -0.05) is 25.7 Å². The zero-order chi connectivity index (χ0) is 18.4. The Morgan fingerprint density at radius 1 is 1.08 bits per heavy atom. The molecule has 6 heteroatoms. The summed E-state index contributed by atoms with van der Waals surface area (Å²) in [6.07, 6.45) is 5.86. The van der Waals surface area contributed by atoms with Crippen LogP contribution in [0, 0.1) is 11.3 Å². The zero-order valence-corrected chi connectivity index (χ0v) is 15.3. The number of nitrogens with one attached hydrogen (secondary N) is 1. The Morgan fingerprint density at radius 3 is 2.27 bits per heavy atom. The van der Waals surface area contributed by atoms with Crippen molar-refractivity contribution in [3.8, 4) is 11.8 Å². The number of phenolic OH excluding ortho intramolecular Hbond substituents is 1. The van der Waals surface area contributed by atoms with Crippen LogP contribution in [0.2, 0.25) is 0 Å². The van der Waals surface area contributed by atoms with Gasteiger partial charge in [-0.3, -0.25) is 9.69 Å². The molecule has 6 nitrogen and oxygen atoms in total. The fourth-order valence-corrected chi connectivity index (χ4v) is 3.93. The molecule has 1 saturated carbocycles. The number of rotatable bonds is 4. The van der Waals surface area contributed by atoms with Crippen LogP contribution in [0.5, 0.6) is 5.75 Å². The highest BCUT2D eigenvalue weighted by molar-refractivity contribution is 5.79. The summed E-state index contributed by atoms with van der Waals surface area (Å²) in [5, 5.41) is 22.0. The monoisotopic (exact) mass is 356 g/mol. The molecule has 2 fully saturated rings. The molecule has 0 bridgehead atoms. The molecule has 1 saturated heterocycles. The number of hydrogen-bond donors (Lipinski definition) is 2. The highest BCUT2D eigenvalue weighted by atomic mass is 16.3. The molecule has 2 N–H and O–H groups in total. The first-order valence-electron chi connectivity index (χ1n) is 9.59. The molecule has 0 unspecified atom stereocenters. The van der Waals surface area contributed by atoms with Crippen LogP contribution in [0.15, 0.2) is 24.3 Å². The first kappa shape index (κ1) is 18.5. The predicted molar refractivity (Wildman–Crippen MR) is 101 cm³/mol. The zero-order valence-electron chi connectivity index (χ0n) is 15.3. The van der Waals surface area contributed by atoms with Crippen molar-refractivity contribution in [1.29, 1.82) is 5.26 Å². The van der Waals surface area contributed by atoms with Crippen molar-refractivity contribution in [3.63, 3.8) is 0 Å². The van der Waals surface area contributed by atoms with E-state index in [9.17, 15) is 15.2 Å². The van der Waals surface area contributed by atoms with Crippen molar-refractivity contribution in [3.05, 3.63) is 24.3 Å². The summed E-state index contributed by atoms with van der Waals surface area (Å²) in [5.41, 5.74) is 0.426. The minimum absolute atomic E-state index is 0.0356. The van der Waals surface area contributed by atoms with Gasteiger partial charge in [0, 0.05) is 31.9 Å². The van der Waals surface area contributed by atoms with Crippen LogP contribution < -0.4 is 10.2 Å². The molecule has 1 aromatic carbocycles. The van der Waals surface area contributed by atoms with Gasteiger partial charge in [0.05, 0.1) is 12.6 Å². The lowest BCUT2D eigenvalue weighted by Gasteiger charge is -2.36. The van der Waals surface area contributed by atoms with Crippen LogP contribution in [-0.2, 0) is 4.79 Å². The van der Waals surface area contributed by atoms with E-state index in [1.54, 1.807) is 12.1 Å². The molecule has 140 valence electrons. The van der Waals surface area contributed by atoms with E-state index >= 15 is 0 Å². The van der Waals surface area contributed by atoms with Crippen LogP contribution in [-0.4, -0.2) is 54.2 Å². The van der Waals surface area contributed by atoms with Gasteiger partial charge in [-0.2, -0.15) is 5.26 Å². The summed E-state index contributed by atoms with van der Waals surface area (Å²) in [6, 6.07) is 9.61. The maximum absolute atomic E-state index is 12.5. The number of benzene rings is 1. The Hall–Kier alpha value is -2.26. The predicted octanol–water partition coefficient (Wildman–Crippen LogP) is 2.25. The third kappa shape index (κ3) is 4.67. The number of carbonyl (C=O) groups excluding carboxylic acids is 1. The van der Waals surface area contributed by atoms with Crippen LogP contribution in [0.25, 0.3) is 0 Å². The van der Waals surface area contributed by atoms with Gasteiger partial charge in [0.1, 0.15) is 11.3 Å². The highest BCUT2D eigenvalue weighted by Gasteiger charge is 2.33. The minimum atomic E-state index is -0.665.